The number of carbonyl (C=O) groups excluding carboxylic acids is 2. The number of carbonyl (C=O) groups is 2. The minimum Gasteiger partial charge on any atom is -0.461 e. The molecule has 0 unspecified atom stereocenters. The molecule has 1 amide bonds. The maximum atomic E-state index is 12.3. The Hall–Kier alpha value is -1.29. The Kier molecular flexibility index (Phi) is 8.70. The van der Waals surface area contributed by atoms with Gasteiger partial charge in [0.15, 0.2) is 0 Å². The van der Waals surface area contributed by atoms with E-state index in [1.165, 1.54) is 0 Å². The Morgan fingerprint density at radius 2 is 1.96 bits per heavy atom. The van der Waals surface area contributed by atoms with Gasteiger partial charge in [0.1, 0.15) is 6.10 Å². The number of halogens is 1. The van der Waals surface area contributed by atoms with Gasteiger partial charge in [-0.15, -0.1) is 0 Å². The summed E-state index contributed by atoms with van der Waals surface area (Å²) >= 11 is 6.01. The smallest absolute Gasteiger partial charge is 0.309 e. The van der Waals surface area contributed by atoms with Crippen LogP contribution < -0.4 is 0 Å². The van der Waals surface area contributed by atoms with Gasteiger partial charge in [-0.25, -0.2) is 0 Å². The van der Waals surface area contributed by atoms with Crippen LogP contribution >= 0.6 is 11.6 Å². The number of nitrogens with zero attached hydrogens (tertiary/aromatic N) is 1. The zero-order valence-corrected chi connectivity index (χ0v) is 16.9. The molecule has 0 fully saturated rings. The van der Waals surface area contributed by atoms with E-state index >= 15 is 0 Å². The number of cyclic esters (lactones) is 1. The molecule has 0 aromatic rings. The summed E-state index contributed by atoms with van der Waals surface area (Å²) in [6, 6.07) is 0. The van der Waals surface area contributed by atoms with Gasteiger partial charge < -0.3 is 9.64 Å². The van der Waals surface area contributed by atoms with Crippen LogP contribution in [0.15, 0.2) is 23.4 Å². The minimum absolute atomic E-state index is 0.0301. The molecule has 1 heterocycles. The van der Waals surface area contributed by atoms with Crippen molar-refractivity contribution >= 4 is 23.5 Å². The van der Waals surface area contributed by atoms with Crippen LogP contribution in [0.4, 0.5) is 0 Å². The predicted molar refractivity (Wildman–Crippen MR) is 102 cm³/mol. The molecular weight excluding hydrogens is 338 g/mol. The third-order valence-electron chi connectivity index (χ3n) is 4.61. The summed E-state index contributed by atoms with van der Waals surface area (Å²) in [5, 5.41) is 0. The second-order valence-corrected chi connectivity index (χ2v) is 8.22. The highest BCUT2D eigenvalue weighted by Crippen LogP contribution is 2.30. The van der Waals surface area contributed by atoms with Crippen molar-refractivity contribution in [3.05, 3.63) is 23.4 Å². The molecular formula is C20H32ClNO3. The van der Waals surface area contributed by atoms with E-state index in [9.17, 15) is 9.59 Å². The van der Waals surface area contributed by atoms with Crippen molar-refractivity contribution in [1.82, 2.24) is 4.90 Å². The predicted octanol–water partition coefficient (Wildman–Crippen LogP) is 5.03. The molecule has 0 aromatic heterocycles. The molecule has 0 N–H and O–H groups in total. The van der Waals surface area contributed by atoms with Crippen LogP contribution in [-0.4, -0.2) is 29.9 Å². The lowest BCUT2D eigenvalue weighted by Crippen LogP contribution is -2.32. The molecule has 0 aliphatic carbocycles. The molecule has 0 bridgehead atoms. The van der Waals surface area contributed by atoms with E-state index in [0.29, 0.717) is 6.42 Å². The lowest BCUT2D eigenvalue weighted by molar-refractivity contribution is -0.153. The number of hydrogen-bond acceptors (Lipinski definition) is 3. The van der Waals surface area contributed by atoms with Crippen molar-refractivity contribution in [1.29, 1.82) is 0 Å². The molecule has 0 spiro atoms. The highest BCUT2D eigenvalue weighted by atomic mass is 35.5. The summed E-state index contributed by atoms with van der Waals surface area (Å²) in [5.41, 5.74) is 2.54. The Morgan fingerprint density at radius 1 is 1.28 bits per heavy atom. The molecule has 4 nitrogen and oxygen atoms in total. The zero-order chi connectivity index (χ0) is 19.0. The average Bonchev–Trinajstić information content (AvgIpc) is 2.53. The molecule has 0 radical (unpaired) electrons. The van der Waals surface area contributed by atoms with Crippen LogP contribution in [-0.2, 0) is 14.3 Å². The molecule has 5 heteroatoms. The van der Waals surface area contributed by atoms with Gasteiger partial charge in [-0.2, -0.15) is 0 Å². The molecule has 1 rings (SSSR count). The Morgan fingerprint density at radius 3 is 2.56 bits per heavy atom. The largest absolute Gasteiger partial charge is 0.461 e. The standard InChI is InChI=1S/C20H32ClNO3/c1-15-9-6-7-10-16(14-21)13-17(20(2,3)4)25-18(23)11-8-12-22(5)19(15)24/h8,12,14-15,17H,6-7,9-11,13H2,1-5H3/b12-8+,16-14+/t15-,17+/m1/s1. The molecule has 1 aliphatic rings. The van der Waals surface area contributed by atoms with Gasteiger partial charge in [-0.3, -0.25) is 9.59 Å². The first-order chi connectivity index (χ1) is 11.6. The first kappa shape index (κ1) is 21.8. The third-order valence-corrected chi connectivity index (χ3v) is 4.92. The molecule has 2 atom stereocenters. The van der Waals surface area contributed by atoms with Gasteiger partial charge in [-0.05, 0) is 24.7 Å². The highest BCUT2D eigenvalue weighted by molar-refractivity contribution is 6.25. The first-order valence-corrected chi connectivity index (χ1v) is 9.49. The second kappa shape index (κ2) is 10.0. The van der Waals surface area contributed by atoms with Gasteiger partial charge in [-0.1, -0.05) is 57.4 Å². The lowest BCUT2D eigenvalue weighted by atomic mass is 9.84. The maximum absolute atomic E-state index is 12.3. The van der Waals surface area contributed by atoms with E-state index in [0.717, 1.165) is 31.3 Å². The van der Waals surface area contributed by atoms with Crippen molar-refractivity contribution in [3.8, 4) is 0 Å². The molecule has 0 saturated heterocycles. The third kappa shape index (κ3) is 7.64. The zero-order valence-electron chi connectivity index (χ0n) is 16.2. The number of hydrogen-bond donors (Lipinski definition) is 0. The quantitative estimate of drug-likeness (QED) is 0.562. The van der Waals surface area contributed by atoms with Gasteiger partial charge in [0.05, 0.1) is 6.42 Å². The van der Waals surface area contributed by atoms with Crippen molar-refractivity contribution in [2.45, 2.75) is 72.3 Å². The Bertz CT molecular complexity index is 520. The van der Waals surface area contributed by atoms with Gasteiger partial charge in [0, 0.05) is 31.1 Å². The summed E-state index contributed by atoms with van der Waals surface area (Å²) in [4.78, 5) is 26.0. The highest BCUT2D eigenvalue weighted by Gasteiger charge is 2.29. The second-order valence-electron chi connectivity index (χ2n) is 8.00. The van der Waals surface area contributed by atoms with E-state index in [4.69, 9.17) is 16.3 Å². The molecule has 25 heavy (non-hydrogen) atoms. The summed E-state index contributed by atoms with van der Waals surface area (Å²) in [5.74, 6) is -0.244. The molecule has 142 valence electrons. The summed E-state index contributed by atoms with van der Waals surface area (Å²) in [7, 11) is 1.73. The van der Waals surface area contributed by atoms with E-state index in [1.807, 2.05) is 6.92 Å². The number of esters is 1. The van der Waals surface area contributed by atoms with Crippen molar-refractivity contribution in [3.63, 3.8) is 0 Å². The number of ether oxygens (including phenoxy) is 1. The first-order valence-electron chi connectivity index (χ1n) is 9.06. The normalized spacial score (nSPS) is 28.2. The SMILES string of the molecule is C[C@@H]1CCCC/C(=C\Cl)C[C@@H](C(C)(C)C)OC(=O)C/C=C/N(C)C1=O. The number of rotatable bonds is 0. The topological polar surface area (TPSA) is 46.6 Å². The van der Waals surface area contributed by atoms with Crippen molar-refractivity contribution in [2.24, 2.45) is 11.3 Å². The van der Waals surface area contributed by atoms with Crippen LogP contribution in [0.5, 0.6) is 0 Å². The van der Waals surface area contributed by atoms with Crippen molar-refractivity contribution < 1.29 is 14.3 Å². The Balaban J connectivity index is 2.95. The fraction of sp³-hybridized carbons (Fsp3) is 0.700. The summed E-state index contributed by atoms with van der Waals surface area (Å²) in [6.07, 6.45) is 7.59. The van der Waals surface area contributed by atoms with Gasteiger partial charge in [0.2, 0.25) is 5.91 Å². The van der Waals surface area contributed by atoms with Crippen molar-refractivity contribution in [2.75, 3.05) is 7.05 Å². The van der Waals surface area contributed by atoms with Crippen LogP contribution in [0.25, 0.3) is 0 Å². The molecule has 0 saturated carbocycles. The van der Waals surface area contributed by atoms with Crippen LogP contribution in [0.1, 0.15) is 66.2 Å². The average molecular weight is 370 g/mol. The monoisotopic (exact) mass is 369 g/mol. The van der Waals surface area contributed by atoms with Crippen LogP contribution in [0.3, 0.4) is 0 Å². The van der Waals surface area contributed by atoms with Gasteiger partial charge >= 0.3 is 5.97 Å². The maximum Gasteiger partial charge on any atom is 0.309 e. The van der Waals surface area contributed by atoms with E-state index in [1.54, 1.807) is 29.8 Å². The van der Waals surface area contributed by atoms with Crippen LogP contribution in [0.2, 0.25) is 0 Å². The molecule has 1 aliphatic heterocycles. The Labute approximate surface area is 157 Å². The van der Waals surface area contributed by atoms with Gasteiger partial charge in [0.25, 0.3) is 0 Å². The fourth-order valence-corrected chi connectivity index (χ4v) is 3.02. The van der Waals surface area contributed by atoms with Crippen LogP contribution in [0, 0.1) is 11.3 Å². The number of amides is 1. The lowest BCUT2D eigenvalue weighted by Gasteiger charge is -2.31. The summed E-state index contributed by atoms with van der Waals surface area (Å²) in [6.45, 7) is 8.14. The van der Waals surface area contributed by atoms with E-state index in [2.05, 4.69) is 20.8 Å². The molecule has 0 aromatic carbocycles. The fourth-order valence-electron chi connectivity index (χ4n) is 2.82. The minimum atomic E-state index is -0.283. The van der Waals surface area contributed by atoms with E-state index < -0.39 is 0 Å². The summed E-state index contributed by atoms with van der Waals surface area (Å²) < 4.78 is 5.71. The van der Waals surface area contributed by atoms with E-state index in [-0.39, 0.29) is 35.7 Å².